The van der Waals surface area contributed by atoms with Crippen LogP contribution >= 0.6 is 0 Å². The molecule has 2 aliphatic heterocycles. The van der Waals surface area contributed by atoms with Crippen molar-refractivity contribution in [1.29, 1.82) is 0 Å². The predicted octanol–water partition coefficient (Wildman–Crippen LogP) is 2.80. The number of piperazine rings is 1. The maximum Gasteiger partial charge on any atom is 0.128 e. The van der Waals surface area contributed by atoms with Crippen molar-refractivity contribution in [3.8, 4) is 0 Å². The number of aromatic nitrogens is 1. The van der Waals surface area contributed by atoms with Crippen LogP contribution in [0.5, 0.6) is 0 Å². The van der Waals surface area contributed by atoms with Crippen molar-refractivity contribution in [3.05, 3.63) is 59.3 Å². The Morgan fingerprint density at radius 2 is 1.76 bits per heavy atom. The summed E-state index contributed by atoms with van der Waals surface area (Å²) in [4.78, 5) is 12.0. The molecular weight excluding hydrogens is 308 g/mol. The molecule has 1 saturated heterocycles. The number of likely N-dealkylation sites (N-methyl/N-ethyl adjacent to an activating group) is 1. The lowest BCUT2D eigenvalue weighted by atomic mass is 9.94. The fraction of sp³-hybridized carbons (Fsp3) is 0.476. The molecule has 0 bridgehead atoms. The third kappa shape index (κ3) is 3.42. The minimum absolute atomic E-state index is 0.327. The number of benzene rings is 1. The molecule has 0 radical (unpaired) electrons. The summed E-state index contributed by atoms with van der Waals surface area (Å²) in [6.45, 7) is 5.47. The van der Waals surface area contributed by atoms with Crippen LogP contribution in [0.2, 0.25) is 0 Å². The lowest BCUT2D eigenvalue weighted by Crippen LogP contribution is -2.44. The van der Waals surface area contributed by atoms with E-state index in [1.54, 1.807) is 0 Å². The number of aryl methyl sites for hydroxylation is 1. The molecule has 0 N–H and O–H groups in total. The van der Waals surface area contributed by atoms with Crippen LogP contribution in [0.25, 0.3) is 0 Å². The van der Waals surface area contributed by atoms with E-state index >= 15 is 0 Å². The number of rotatable bonds is 2. The Labute approximate surface area is 151 Å². The summed E-state index contributed by atoms with van der Waals surface area (Å²) >= 11 is 0. The van der Waals surface area contributed by atoms with Gasteiger partial charge in [-0.15, -0.1) is 0 Å². The van der Waals surface area contributed by atoms with Gasteiger partial charge in [-0.25, -0.2) is 4.98 Å². The van der Waals surface area contributed by atoms with E-state index in [0.29, 0.717) is 6.04 Å². The maximum atomic E-state index is 4.68. The Balaban J connectivity index is 1.68. The number of nitrogens with zero attached hydrogens (tertiary/aromatic N) is 4. The SMILES string of the molecule is CN1CCN(c2cc([C@H]3c4ccccc4CCCN3C)ccn2)CC1. The average molecular weight is 336 g/mol. The summed E-state index contributed by atoms with van der Waals surface area (Å²) in [5.41, 5.74) is 4.31. The van der Waals surface area contributed by atoms with Crippen LogP contribution < -0.4 is 4.90 Å². The molecule has 1 aromatic heterocycles. The molecule has 2 aliphatic rings. The summed E-state index contributed by atoms with van der Waals surface area (Å²) in [6, 6.07) is 13.8. The topological polar surface area (TPSA) is 22.6 Å². The van der Waals surface area contributed by atoms with Gasteiger partial charge in [0.1, 0.15) is 5.82 Å². The highest BCUT2D eigenvalue weighted by atomic mass is 15.3. The van der Waals surface area contributed by atoms with Crippen LogP contribution in [-0.4, -0.2) is 61.6 Å². The van der Waals surface area contributed by atoms with Crippen molar-refractivity contribution < 1.29 is 0 Å². The van der Waals surface area contributed by atoms with Crippen molar-refractivity contribution >= 4 is 5.82 Å². The first kappa shape index (κ1) is 16.6. The van der Waals surface area contributed by atoms with E-state index in [9.17, 15) is 0 Å². The molecule has 0 amide bonds. The highest BCUT2D eigenvalue weighted by Crippen LogP contribution is 2.34. The zero-order valence-electron chi connectivity index (χ0n) is 15.4. The second-order valence-corrected chi connectivity index (χ2v) is 7.42. The first-order chi connectivity index (χ1) is 12.2. The third-order valence-corrected chi connectivity index (χ3v) is 5.66. The van der Waals surface area contributed by atoms with E-state index in [2.05, 4.69) is 70.2 Å². The zero-order valence-corrected chi connectivity index (χ0v) is 15.4. The Bertz CT molecular complexity index is 721. The van der Waals surface area contributed by atoms with E-state index in [4.69, 9.17) is 0 Å². The molecule has 1 atom stereocenters. The fourth-order valence-electron chi connectivity index (χ4n) is 4.16. The van der Waals surface area contributed by atoms with Crippen LogP contribution in [0.3, 0.4) is 0 Å². The molecule has 1 fully saturated rings. The standard InChI is InChI=1S/C21H28N4/c1-23-12-14-25(15-13-23)20-16-18(9-10-22-20)21-19-8-4-3-6-17(19)7-5-11-24(21)2/h3-4,6,8-10,16,21H,5,7,11-15H2,1-2H3/t21-/m0/s1. The smallest absolute Gasteiger partial charge is 0.128 e. The van der Waals surface area contributed by atoms with E-state index in [0.717, 1.165) is 38.5 Å². The normalized spacial score (nSPS) is 22.5. The number of hydrogen-bond acceptors (Lipinski definition) is 4. The van der Waals surface area contributed by atoms with Gasteiger partial charge in [-0.1, -0.05) is 24.3 Å². The Morgan fingerprint density at radius 1 is 0.960 bits per heavy atom. The number of anilines is 1. The van der Waals surface area contributed by atoms with Gasteiger partial charge in [0.25, 0.3) is 0 Å². The van der Waals surface area contributed by atoms with Gasteiger partial charge in [-0.2, -0.15) is 0 Å². The Morgan fingerprint density at radius 3 is 2.60 bits per heavy atom. The first-order valence-electron chi connectivity index (χ1n) is 9.40. The number of hydrogen-bond donors (Lipinski definition) is 0. The molecule has 0 spiro atoms. The summed E-state index contributed by atoms with van der Waals surface area (Å²) in [5, 5.41) is 0. The molecule has 3 heterocycles. The molecule has 0 aliphatic carbocycles. The first-order valence-corrected chi connectivity index (χ1v) is 9.40. The highest BCUT2D eigenvalue weighted by molar-refractivity contribution is 5.46. The summed E-state index contributed by atoms with van der Waals surface area (Å²) in [5.74, 6) is 1.13. The minimum Gasteiger partial charge on any atom is -0.354 e. The van der Waals surface area contributed by atoms with Crippen molar-refractivity contribution in [2.75, 3.05) is 51.7 Å². The van der Waals surface area contributed by atoms with E-state index in [1.165, 1.54) is 29.5 Å². The van der Waals surface area contributed by atoms with E-state index in [-0.39, 0.29) is 0 Å². The van der Waals surface area contributed by atoms with Crippen LogP contribution in [-0.2, 0) is 6.42 Å². The van der Waals surface area contributed by atoms with Crippen LogP contribution in [0.1, 0.15) is 29.2 Å². The lowest BCUT2D eigenvalue weighted by molar-refractivity contribution is 0.284. The van der Waals surface area contributed by atoms with Crippen molar-refractivity contribution in [3.63, 3.8) is 0 Å². The molecule has 4 rings (SSSR count). The maximum absolute atomic E-state index is 4.68. The van der Waals surface area contributed by atoms with Gasteiger partial charge in [-0.3, -0.25) is 4.90 Å². The van der Waals surface area contributed by atoms with Crippen molar-refractivity contribution in [2.45, 2.75) is 18.9 Å². The number of pyridine rings is 1. The highest BCUT2D eigenvalue weighted by Gasteiger charge is 2.25. The second-order valence-electron chi connectivity index (χ2n) is 7.42. The molecule has 4 nitrogen and oxygen atoms in total. The lowest BCUT2D eigenvalue weighted by Gasteiger charge is -2.34. The van der Waals surface area contributed by atoms with E-state index < -0.39 is 0 Å². The van der Waals surface area contributed by atoms with Gasteiger partial charge in [-0.05, 0) is 62.3 Å². The quantitative estimate of drug-likeness (QED) is 0.841. The van der Waals surface area contributed by atoms with Crippen molar-refractivity contribution in [1.82, 2.24) is 14.8 Å². The molecule has 25 heavy (non-hydrogen) atoms. The van der Waals surface area contributed by atoms with Gasteiger partial charge in [0.15, 0.2) is 0 Å². The summed E-state index contributed by atoms with van der Waals surface area (Å²) in [7, 11) is 4.45. The molecule has 132 valence electrons. The zero-order chi connectivity index (χ0) is 17.2. The Hall–Kier alpha value is -1.91. The molecule has 2 aromatic rings. The minimum atomic E-state index is 0.327. The van der Waals surface area contributed by atoms with Crippen LogP contribution in [0, 0.1) is 0 Å². The van der Waals surface area contributed by atoms with Gasteiger partial charge < -0.3 is 9.80 Å². The third-order valence-electron chi connectivity index (χ3n) is 5.66. The summed E-state index contributed by atoms with van der Waals surface area (Å²) < 4.78 is 0. The molecular formula is C21H28N4. The molecule has 0 unspecified atom stereocenters. The number of fused-ring (bicyclic) bond motifs is 1. The largest absolute Gasteiger partial charge is 0.354 e. The predicted molar refractivity (Wildman–Crippen MR) is 103 cm³/mol. The van der Waals surface area contributed by atoms with Crippen LogP contribution in [0.4, 0.5) is 5.82 Å². The van der Waals surface area contributed by atoms with Gasteiger partial charge in [0.05, 0.1) is 6.04 Å². The molecule has 4 heteroatoms. The average Bonchev–Trinajstić information content (AvgIpc) is 2.80. The fourth-order valence-corrected chi connectivity index (χ4v) is 4.16. The second kappa shape index (κ2) is 7.14. The summed E-state index contributed by atoms with van der Waals surface area (Å²) in [6.07, 6.45) is 4.39. The van der Waals surface area contributed by atoms with Crippen LogP contribution in [0.15, 0.2) is 42.6 Å². The molecule has 0 saturated carbocycles. The monoisotopic (exact) mass is 336 g/mol. The van der Waals surface area contributed by atoms with Gasteiger partial charge in [0.2, 0.25) is 0 Å². The Kier molecular flexibility index (Phi) is 4.73. The van der Waals surface area contributed by atoms with Crippen molar-refractivity contribution in [2.24, 2.45) is 0 Å². The van der Waals surface area contributed by atoms with E-state index in [1.807, 2.05) is 6.20 Å². The molecule has 1 aromatic carbocycles. The van der Waals surface area contributed by atoms with Gasteiger partial charge >= 0.3 is 0 Å². The van der Waals surface area contributed by atoms with Gasteiger partial charge in [0, 0.05) is 32.4 Å².